The van der Waals surface area contributed by atoms with Crippen LogP contribution >= 0.6 is 0 Å². The summed E-state index contributed by atoms with van der Waals surface area (Å²) in [4.78, 5) is 13.9. The van der Waals surface area contributed by atoms with Crippen LogP contribution in [0, 0.1) is 13.8 Å². The lowest BCUT2D eigenvalue weighted by Gasteiger charge is -2.25. The molecule has 1 aromatic heterocycles. The van der Waals surface area contributed by atoms with Gasteiger partial charge in [0.2, 0.25) is 0 Å². The van der Waals surface area contributed by atoms with Crippen LogP contribution in [0.25, 0.3) is 11.1 Å². The van der Waals surface area contributed by atoms with Crippen LogP contribution in [0.1, 0.15) is 34.1 Å². The lowest BCUT2D eigenvalue weighted by Crippen LogP contribution is -2.35. The second-order valence-electron chi connectivity index (χ2n) is 8.39. The molecule has 168 valence electrons. The number of methoxy groups -OCH3 is 1. The monoisotopic (exact) mass is 438 g/mol. The fourth-order valence-corrected chi connectivity index (χ4v) is 4.53. The summed E-state index contributed by atoms with van der Waals surface area (Å²) in [5, 5.41) is 0. The fraction of sp³-hybridized carbons (Fsp3) is 0.207. The Bertz CT molecular complexity index is 1290. The Balaban J connectivity index is 1.91. The smallest absolute Gasteiger partial charge is 0.260 e. The Hall–Kier alpha value is -3.63. The molecule has 33 heavy (non-hydrogen) atoms. The van der Waals surface area contributed by atoms with Gasteiger partial charge in [0.05, 0.1) is 18.8 Å². The third kappa shape index (κ3) is 4.76. The van der Waals surface area contributed by atoms with Gasteiger partial charge in [-0.1, -0.05) is 72.8 Å². The number of aromatic nitrogens is 1. The van der Waals surface area contributed by atoms with Crippen molar-refractivity contribution < 1.29 is 4.74 Å². The van der Waals surface area contributed by atoms with Gasteiger partial charge in [0.1, 0.15) is 5.75 Å². The zero-order valence-corrected chi connectivity index (χ0v) is 19.4. The molecule has 0 aliphatic carbocycles. The Morgan fingerprint density at radius 1 is 0.879 bits per heavy atom. The highest BCUT2D eigenvalue weighted by atomic mass is 16.5. The summed E-state index contributed by atoms with van der Waals surface area (Å²) in [5.41, 5.74) is 13.4. The van der Waals surface area contributed by atoms with E-state index in [1.165, 1.54) is 5.56 Å². The van der Waals surface area contributed by atoms with E-state index < -0.39 is 6.17 Å². The number of ether oxygens (including phenoxy) is 1. The van der Waals surface area contributed by atoms with Crippen LogP contribution in [0.4, 0.5) is 0 Å². The molecule has 4 rings (SSSR count). The quantitative estimate of drug-likeness (QED) is 0.418. The first kappa shape index (κ1) is 22.6. The van der Waals surface area contributed by atoms with Gasteiger partial charge in [0, 0.05) is 12.1 Å². The molecule has 0 aliphatic rings. The summed E-state index contributed by atoms with van der Waals surface area (Å²) < 4.78 is 7.20. The lowest BCUT2D eigenvalue weighted by atomic mass is 9.92. The molecule has 1 unspecified atom stereocenters. The first-order chi connectivity index (χ1) is 16.0. The number of rotatable bonds is 7. The van der Waals surface area contributed by atoms with Gasteiger partial charge < -0.3 is 10.5 Å². The topological polar surface area (TPSA) is 57.2 Å². The van der Waals surface area contributed by atoms with Crippen molar-refractivity contribution >= 4 is 0 Å². The van der Waals surface area contributed by atoms with E-state index in [0.29, 0.717) is 12.0 Å². The molecule has 0 aliphatic heterocycles. The van der Waals surface area contributed by atoms with E-state index in [-0.39, 0.29) is 5.56 Å². The van der Waals surface area contributed by atoms with Crippen molar-refractivity contribution in [2.24, 2.45) is 5.73 Å². The molecule has 0 radical (unpaired) electrons. The number of benzene rings is 3. The van der Waals surface area contributed by atoms with Crippen molar-refractivity contribution in [1.29, 1.82) is 0 Å². The molecular formula is C29H30N2O2. The van der Waals surface area contributed by atoms with Crippen molar-refractivity contribution in [3.05, 3.63) is 123 Å². The van der Waals surface area contributed by atoms with Crippen LogP contribution in [-0.4, -0.2) is 11.7 Å². The highest BCUT2D eigenvalue weighted by Gasteiger charge is 2.22. The van der Waals surface area contributed by atoms with E-state index in [9.17, 15) is 4.79 Å². The second kappa shape index (κ2) is 9.88. The van der Waals surface area contributed by atoms with E-state index >= 15 is 0 Å². The maximum atomic E-state index is 13.9. The summed E-state index contributed by atoms with van der Waals surface area (Å²) in [6.07, 6.45) is 0.834. The maximum Gasteiger partial charge on any atom is 0.260 e. The van der Waals surface area contributed by atoms with E-state index in [2.05, 4.69) is 12.1 Å². The molecule has 1 atom stereocenters. The third-order valence-corrected chi connectivity index (χ3v) is 6.26. The van der Waals surface area contributed by atoms with Crippen molar-refractivity contribution in [3.8, 4) is 16.9 Å². The number of hydrogen-bond acceptors (Lipinski definition) is 3. The molecule has 4 nitrogen and oxygen atoms in total. The first-order valence-electron chi connectivity index (χ1n) is 11.2. The van der Waals surface area contributed by atoms with E-state index in [0.717, 1.165) is 40.1 Å². The van der Waals surface area contributed by atoms with Gasteiger partial charge in [0.15, 0.2) is 0 Å². The Kier molecular flexibility index (Phi) is 6.76. The molecule has 0 fully saturated rings. The Morgan fingerprint density at radius 2 is 1.52 bits per heavy atom. The second-order valence-corrected chi connectivity index (χ2v) is 8.39. The summed E-state index contributed by atoms with van der Waals surface area (Å²) in [6, 6.07) is 28.1. The van der Waals surface area contributed by atoms with Gasteiger partial charge in [-0.25, -0.2) is 0 Å². The van der Waals surface area contributed by atoms with Gasteiger partial charge in [0.25, 0.3) is 5.56 Å². The molecule has 0 saturated carbocycles. The summed E-state index contributed by atoms with van der Waals surface area (Å²) in [5.74, 6) is 0.719. The molecule has 0 spiro atoms. The van der Waals surface area contributed by atoms with Crippen molar-refractivity contribution in [2.75, 3.05) is 7.11 Å². The molecule has 4 aromatic rings. The van der Waals surface area contributed by atoms with E-state index in [4.69, 9.17) is 10.5 Å². The molecule has 0 saturated heterocycles. The van der Waals surface area contributed by atoms with Crippen LogP contribution in [0.3, 0.4) is 0 Å². The molecule has 4 heteroatoms. The predicted molar refractivity (Wildman–Crippen MR) is 135 cm³/mol. The number of pyridine rings is 1. The van der Waals surface area contributed by atoms with Crippen LogP contribution in [0.5, 0.6) is 5.75 Å². The highest BCUT2D eigenvalue weighted by molar-refractivity contribution is 5.69. The summed E-state index contributed by atoms with van der Waals surface area (Å²) >= 11 is 0. The van der Waals surface area contributed by atoms with Gasteiger partial charge in [-0.3, -0.25) is 9.36 Å². The van der Waals surface area contributed by atoms with E-state index in [1.54, 1.807) is 11.7 Å². The average Bonchev–Trinajstić information content (AvgIpc) is 2.83. The molecule has 0 bridgehead atoms. The minimum absolute atomic E-state index is 0.0708. The maximum absolute atomic E-state index is 13.9. The Labute approximate surface area is 195 Å². The van der Waals surface area contributed by atoms with Gasteiger partial charge in [-0.2, -0.15) is 0 Å². The predicted octanol–water partition coefficient (Wildman–Crippen LogP) is 5.43. The summed E-state index contributed by atoms with van der Waals surface area (Å²) in [6.45, 7) is 4.04. The van der Waals surface area contributed by atoms with Crippen molar-refractivity contribution in [2.45, 2.75) is 32.9 Å². The molecule has 3 aromatic carbocycles. The number of nitrogens with two attached hydrogens (primary N) is 1. The van der Waals surface area contributed by atoms with E-state index in [1.807, 2.05) is 86.6 Å². The van der Waals surface area contributed by atoms with Crippen molar-refractivity contribution in [3.63, 3.8) is 0 Å². The lowest BCUT2D eigenvalue weighted by molar-refractivity contribution is 0.415. The van der Waals surface area contributed by atoms with Gasteiger partial charge >= 0.3 is 0 Å². The van der Waals surface area contributed by atoms with Crippen LogP contribution in [0.15, 0.2) is 89.7 Å². The average molecular weight is 439 g/mol. The standard InChI is InChI=1S/C29H30N2O2/c1-20-26(17-22-11-6-4-7-12-22)21(2)31(27(30)18-23-13-8-5-9-14-23)29(32)28(20)24-15-10-16-25(19-24)33-3/h4-16,19,27H,17-18,30H2,1-3H3. The normalized spacial score (nSPS) is 11.9. The molecular weight excluding hydrogens is 408 g/mol. The van der Waals surface area contributed by atoms with Crippen molar-refractivity contribution in [1.82, 2.24) is 4.57 Å². The van der Waals surface area contributed by atoms with Crippen LogP contribution in [0.2, 0.25) is 0 Å². The summed E-state index contributed by atoms with van der Waals surface area (Å²) in [7, 11) is 1.63. The first-order valence-corrected chi connectivity index (χ1v) is 11.2. The zero-order valence-electron chi connectivity index (χ0n) is 19.4. The zero-order chi connectivity index (χ0) is 23.4. The largest absolute Gasteiger partial charge is 0.497 e. The van der Waals surface area contributed by atoms with Crippen LogP contribution in [-0.2, 0) is 12.8 Å². The minimum Gasteiger partial charge on any atom is -0.497 e. The third-order valence-electron chi connectivity index (χ3n) is 6.26. The number of hydrogen-bond donors (Lipinski definition) is 1. The SMILES string of the molecule is COc1cccc(-c2c(C)c(Cc3ccccc3)c(C)n(C(N)Cc3ccccc3)c2=O)c1. The highest BCUT2D eigenvalue weighted by Crippen LogP contribution is 2.29. The molecule has 2 N–H and O–H groups in total. The molecule has 0 amide bonds. The fourth-order valence-electron chi connectivity index (χ4n) is 4.53. The molecule has 1 heterocycles. The van der Waals surface area contributed by atoms with Gasteiger partial charge in [-0.05, 0) is 60.2 Å². The number of nitrogens with zero attached hydrogens (tertiary/aromatic N) is 1. The minimum atomic E-state index is -0.473. The Morgan fingerprint density at radius 3 is 2.15 bits per heavy atom. The van der Waals surface area contributed by atoms with Gasteiger partial charge in [-0.15, -0.1) is 0 Å². The van der Waals surface area contributed by atoms with Crippen LogP contribution < -0.4 is 16.0 Å².